The van der Waals surface area contributed by atoms with Gasteiger partial charge in [0.15, 0.2) is 0 Å². The van der Waals surface area contributed by atoms with Gasteiger partial charge in [-0.25, -0.2) is 0 Å². The highest BCUT2D eigenvalue weighted by Crippen LogP contribution is 2.17. The number of piperazine rings is 1. The molecule has 0 aromatic carbocycles. The van der Waals surface area contributed by atoms with Crippen LogP contribution in [0.15, 0.2) is 0 Å². The molecule has 4 heteroatoms. The van der Waals surface area contributed by atoms with E-state index in [2.05, 4.69) is 22.9 Å². The molecule has 1 amide bonds. The molecule has 2 unspecified atom stereocenters. The van der Waals surface area contributed by atoms with Crippen LogP contribution in [0.5, 0.6) is 0 Å². The van der Waals surface area contributed by atoms with Gasteiger partial charge in [0.1, 0.15) is 0 Å². The molecule has 0 aromatic heterocycles. The van der Waals surface area contributed by atoms with Gasteiger partial charge in [-0.15, -0.1) is 0 Å². The van der Waals surface area contributed by atoms with Crippen molar-refractivity contribution in [3.8, 4) is 0 Å². The number of rotatable bonds is 2. The van der Waals surface area contributed by atoms with Crippen LogP contribution in [0.1, 0.15) is 32.6 Å². The fourth-order valence-corrected chi connectivity index (χ4v) is 2.34. The zero-order valence-corrected chi connectivity index (χ0v) is 9.38. The monoisotopic (exact) mass is 211 g/mol. The number of carbonyl (C=O) groups is 1. The van der Waals surface area contributed by atoms with Gasteiger partial charge in [0.05, 0.1) is 6.04 Å². The number of amides is 1. The van der Waals surface area contributed by atoms with E-state index >= 15 is 0 Å². The third kappa shape index (κ3) is 2.92. The molecule has 0 aromatic rings. The minimum Gasteiger partial charge on any atom is -0.352 e. The SMILES string of the molecule is CC1CNC(C(=O)NC2CCCC2)CN1. The van der Waals surface area contributed by atoms with E-state index in [0.717, 1.165) is 25.9 Å². The van der Waals surface area contributed by atoms with Crippen molar-refractivity contribution in [2.45, 2.75) is 50.7 Å². The lowest BCUT2D eigenvalue weighted by atomic mass is 10.1. The summed E-state index contributed by atoms with van der Waals surface area (Å²) in [5.74, 6) is 0.168. The Labute approximate surface area is 91.2 Å². The lowest BCUT2D eigenvalue weighted by Crippen LogP contribution is -2.59. The molecular weight excluding hydrogens is 190 g/mol. The molecule has 2 aliphatic rings. The molecule has 2 rings (SSSR count). The zero-order chi connectivity index (χ0) is 10.7. The standard InChI is InChI=1S/C11H21N3O/c1-8-6-13-10(7-12-8)11(15)14-9-4-2-3-5-9/h8-10,12-13H,2-7H2,1H3,(H,14,15). The van der Waals surface area contributed by atoms with E-state index in [4.69, 9.17) is 0 Å². The first-order valence-electron chi connectivity index (χ1n) is 6.03. The van der Waals surface area contributed by atoms with E-state index in [0.29, 0.717) is 12.1 Å². The predicted octanol–water partition coefficient (Wildman–Crippen LogP) is -0.00490. The van der Waals surface area contributed by atoms with Crippen LogP contribution in [0.4, 0.5) is 0 Å². The Hall–Kier alpha value is -0.610. The summed E-state index contributed by atoms with van der Waals surface area (Å²) in [5.41, 5.74) is 0. The van der Waals surface area contributed by atoms with Crippen LogP contribution in [-0.4, -0.2) is 37.1 Å². The van der Waals surface area contributed by atoms with Gasteiger partial charge in [0.25, 0.3) is 0 Å². The quantitative estimate of drug-likeness (QED) is 0.602. The van der Waals surface area contributed by atoms with Gasteiger partial charge in [0.2, 0.25) is 5.91 Å². The van der Waals surface area contributed by atoms with Crippen molar-refractivity contribution >= 4 is 5.91 Å². The highest BCUT2D eigenvalue weighted by atomic mass is 16.2. The van der Waals surface area contributed by atoms with Gasteiger partial charge >= 0.3 is 0 Å². The van der Waals surface area contributed by atoms with Gasteiger partial charge in [0, 0.05) is 25.2 Å². The summed E-state index contributed by atoms with van der Waals surface area (Å²) < 4.78 is 0. The second-order valence-electron chi connectivity index (χ2n) is 4.76. The summed E-state index contributed by atoms with van der Waals surface area (Å²) in [5, 5.41) is 9.70. The van der Waals surface area contributed by atoms with Gasteiger partial charge in [-0.05, 0) is 19.8 Å². The first-order chi connectivity index (χ1) is 7.25. The first kappa shape index (κ1) is 10.9. The van der Waals surface area contributed by atoms with Crippen LogP contribution >= 0.6 is 0 Å². The molecule has 1 saturated carbocycles. The van der Waals surface area contributed by atoms with Gasteiger partial charge < -0.3 is 16.0 Å². The second kappa shape index (κ2) is 4.94. The van der Waals surface area contributed by atoms with Crippen molar-refractivity contribution in [2.75, 3.05) is 13.1 Å². The molecule has 1 aliphatic heterocycles. The maximum absolute atomic E-state index is 11.8. The Bertz CT molecular complexity index is 218. The summed E-state index contributed by atoms with van der Waals surface area (Å²) in [6, 6.07) is 0.862. The van der Waals surface area contributed by atoms with Gasteiger partial charge in [-0.1, -0.05) is 12.8 Å². The van der Waals surface area contributed by atoms with Crippen LogP contribution in [0.2, 0.25) is 0 Å². The normalized spacial score (nSPS) is 32.9. The fourth-order valence-electron chi connectivity index (χ4n) is 2.34. The zero-order valence-electron chi connectivity index (χ0n) is 9.38. The van der Waals surface area contributed by atoms with E-state index in [1.165, 1.54) is 12.8 Å². The molecule has 86 valence electrons. The molecule has 0 bridgehead atoms. The minimum absolute atomic E-state index is 0.0400. The molecule has 15 heavy (non-hydrogen) atoms. The number of carbonyl (C=O) groups excluding carboxylic acids is 1. The molecule has 0 spiro atoms. The Kier molecular flexibility index (Phi) is 3.59. The lowest BCUT2D eigenvalue weighted by Gasteiger charge is -2.29. The molecule has 4 nitrogen and oxygen atoms in total. The lowest BCUT2D eigenvalue weighted by molar-refractivity contribution is -0.124. The van der Waals surface area contributed by atoms with Crippen molar-refractivity contribution in [1.82, 2.24) is 16.0 Å². The number of nitrogens with one attached hydrogen (secondary N) is 3. The minimum atomic E-state index is -0.0400. The second-order valence-corrected chi connectivity index (χ2v) is 4.76. The Morgan fingerprint density at radius 2 is 1.93 bits per heavy atom. The van der Waals surface area contributed by atoms with Crippen molar-refractivity contribution in [3.63, 3.8) is 0 Å². The van der Waals surface area contributed by atoms with Crippen molar-refractivity contribution < 1.29 is 4.79 Å². The van der Waals surface area contributed by atoms with E-state index in [9.17, 15) is 4.79 Å². The average Bonchev–Trinajstić information content (AvgIpc) is 2.71. The third-order valence-corrected chi connectivity index (χ3v) is 3.36. The van der Waals surface area contributed by atoms with Crippen molar-refractivity contribution in [3.05, 3.63) is 0 Å². The van der Waals surface area contributed by atoms with Crippen LogP contribution in [0, 0.1) is 0 Å². The maximum Gasteiger partial charge on any atom is 0.238 e. The summed E-state index contributed by atoms with van der Waals surface area (Å²) in [6.45, 7) is 3.75. The summed E-state index contributed by atoms with van der Waals surface area (Å²) in [6.07, 6.45) is 4.83. The smallest absolute Gasteiger partial charge is 0.238 e. The molecule has 2 fully saturated rings. The topological polar surface area (TPSA) is 53.2 Å². The predicted molar refractivity (Wildman–Crippen MR) is 59.7 cm³/mol. The van der Waals surface area contributed by atoms with Crippen LogP contribution in [0.3, 0.4) is 0 Å². The summed E-state index contributed by atoms with van der Waals surface area (Å²) >= 11 is 0. The average molecular weight is 211 g/mol. The van der Waals surface area contributed by atoms with E-state index in [-0.39, 0.29) is 11.9 Å². The van der Waals surface area contributed by atoms with E-state index in [1.807, 2.05) is 0 Å². The first-order valence-corrected chi connectivity index (χ1v) is 6.03. The Balaban J connectivity index is 1.75. The molecule has 3 N–H and O–H groups in total. The fraction of sp³-hybridized carbons (Fsp3) is 0.909. The number of hydrogen-bond donors (Lipinski definition) is 3. The van der Waals surface area contributed by atoms with E-state index in [1.54, 1.807) is 0 Å². The van der Waals surface area contributed by atoms with E-state index < -0.39 is 0 Å². The van der Waals surface area contributed by atoms with Crippen molar-refractivity contribution in [1.29, 1.82) is 0 Å². The summed E-state index contributed by atoms with van der Waals surface area (Å²) in [7, 11) is 0. The van der Waals surface area contributed by atoms with Crippen LogP contribution < -0.4 is 16.0 Å². The Morgan fingerprint density at radius 1 is 1.20 bits per heavy atom. The molecular formula is C11H21N3O. The van der Waals surface area contributed by atoms with Crippen LogP contribution in [-0.2, 0) is 4.79 Å². The molecule has 1 saturated heterocycles. The van der Waals surface area contributed by atoms with Gasteiger partial charge in [-0.3, -0.25) is 4.79 Å². The van der Waals surface area contributed by atoms with Crippen LogP contribution in [0.25, 0.3) is 0 Å². The Morgan fingerprint density at radius 3 is 2.53 bits per heavy atom. The highest BCUT2D eigenvalue weighted by molar-refractivity contribution is 5.82. The molecule has 1 heterocycles. The molecule has 0 radical (unpaired) electrons. The summed E-state index contributed by atoms with van der Waals surface area (Å²) in [4.78, 5) is 11.8. The van der Waals surface area contributed by atoms with Gasteiger partial charge in [-0.2, -0.15) is 0 Å². The largest absolute Gasteiger partial charge is 0.352 e. The maximum atomic E-state index is 11.8. The molecule has 1 aliphatic carbocycles. The number of hydrogen-bond acceptors (Lipinski definition) is 3. The highest BCUT2D eigenvalue weighted by Gasteiger charge is 2.25. The molecule has 2 atom stereocenters. The third-order valence-electron chi connectivity index (χ3n) is 3.36. The van der Waals surface area contributed by atoms with Crippen molar-refractivity contribution in [2.24, 2.45) is 0 Å².